The first kappa shape index (κ1) is 8.49. The Kier molecular flexibility index (Phi) is 1.61. The van der Waals surface area contributed by atoms with Gasteiger partial charge < -0.3 is 5.11 Å². The second-order valence-electron chi connectivity index (χ2n) is 3.22. The van der Waals surface area contributed by atoms with Gasteiger partial charge in [0.05, 0.1) is 23.6 Å². The van der Waals surface area contributed by atoms with Crippen LogP contribution in [0.5, 0.6) is 5.75 Å². The van der Waals surface area contributed by atoms with Crippen LogP contribution in [0.15, 0.2) is 30.7 Å². The van der Waals surface area contributed by atoms with Gasteiger partial charge in [-0.05, 0) is 12.1 Å². The molecule has 0 aliphatic rings. The maximum absolute atomic E-state index is 9.40. The van der Waals surface area contributed by atoms with E-state index in [1.165, 1.54) is 0 Å². The molecule has 0 unspecified atom stereocenters. The molecule has 1 aromatic carbocycles. The highest BCUT2D eigenvalue weighted by Crippen LogP contribution is 2.23. The Morgan fingerprint density at radius 1 is 1.27 bits per heavy atom. The van der Waals surface area contributed by atoms with Crippen LogP contribution in [0.2, 0.25) is 5.15 Å². The van der Waals surface area contributed by atoms with Crippen molar-refractivity contribution in [3.05, 3.63) is 35.9 Å². The zero-order valence-corrected chi connectivity index (χ0v) is 8.31. The third-order valence-electron chi connectivity index (χ3n) is 2.29. The fraction of sp³-hybridized carbons (Fsp3) is 0. The maximum atomic E-state index is 9.40. The van der Waals surface area contributed by atoms with E-state index in [2.05, 4.69) is 9.97 Å². The van der Waals surface area contributed by atoms with E-state index in [9.17, 15) is 5.11 Å². The average molecular weight is 220 g/mol. The minimum Gasteiger partial charge on any atom is -0.508 e. The highest BCUT2D eigenvalue weighted by molar-refractivity contribution is 6.33. The van der Waals surface area contributed by atoms with Crippen molar-refractivity contribution in [2.24, 2.45) is 0 Å². The molecule has 0 saturated carbocycles. The Hall–Kier alpha value is -1.81. The van der Waals surface area contributed by atoms with E-state index >= 15 is 0 Å². The van der Waals surface area contributed by atoms with Gasteiger partial charge in [-0.15, -0.1) is 0 Å². The van der Waals surface area contributed by atoms with Crippen molar-refractivity contribution in [1.29, 1.82) is 0 Å². The number of hydrogen-bond acceptors (Lipinski definition) is 3. The minimum atomic E-state index is 0.196. The summed E-state index contributed by atoms with van der Waals surface area (Å²) in [4.78, 5) is 8.21. The standard InChI is InChI=1S/C10H6ClN3O/c11-10-9-4-12-5-14(9)8-3-6(15)1-2-7(8)13-10/h1-5,15H. The maximum Gasteiger partial charge on any atom is 0.155 e. The highest BCUT2D eigenvalue weighted by Gasteiger charge is 2.06. The quantitative estimate of drug-likeness (QED) is 0.631. The van der Waals surface area contributed by atoms with E-state index in [0.29, 0.717) is 5.15 Å². The smallest absolute Gasteiger partial charge is 0.155 e. The molecule has 0 aliphatic carbocycles. The van der Waals surface area contributed by atoms with E-state index in [0.717, 1.165) is 16.6 Å². The Balaban J connectivity index is 2.61. The monoisotopic (exact) mass is 219 g/mol. The molecule has 0 amide bonds. The summed E-state index contributed by atoms with van der Waals surface area (Å²) in [6, 6.07) is 4.93. The fourth-order valence-corrected chi connectivity index (χ4v) is 1.83. The summed E-state index contributed by atoms with van der Waals surface area (Å²) in [6.45, 7) is 0. The summed E-state index contributed by atoms with van der Waals surface area (Å²) >= 11 is 5.98. The number of phenols is 1. The molecule has 0 fully saturated rings. The van der Waals surface area contributed by atoms with Crippen molar-refractivity contribution in [2.75, 3.05) is 0 Å². The van der Waals surface area contributed by atoms with Crippen molar-refractivity contribution in [2.45, 2.75) is 0 Å². The van der Waals surface area contributed by atoms with Crippen molar-refractivity contribution in [1.82, 2.24) is 14.4 Å². The molecule has 0 saturated heterocycles. The van der Waals surface area contributed by atoms with Crippen LogP contribution >= 0.6 is 11.6 Å². The largest absolute Gasteiger partial charge is 0.508 e. The summed E-state index contributed by atoms with van der Waals surface area (Å²) in [7, 11) is 0. The zero-order valence-electron chi connectivity index (χ0n) is 7.55. The number of phenolic OH excluding ortho intramolecular Hbond substituents is 1. The molecule has 2 aromatic heterocycles. The van der Waals surface area contributed by atoms with Gasteiger partial charge in [0.15, 0.2) is 5.15 Å². The first-order valence-corrected chi connectivity index (χ1v) is 4.74. The van der Waals surface area contributed by atoms with Crippen LogP contribution in [0.1, 0.15) is 0 Å². The highest BCUT2D eigenvalue weighted by atomic mass is 35.5. The Morgan fingerprint density at radius 2 is 2.13 bits per heavy atom. The second-order valence-corrected chi connectivity index (χ2v) is 3.58. The molecule has 5 heteroatoms. The van der Waals surface area contributed by atoms with Crippen molar-refractivity contribution in [3.8, 4) is 5.75 Å². The molecule has 0 spiro atoms. The lowest BCUT2D eigenvalue weighted by molar-refractivity contribution is 0.476. The number of aromatic hydroxyl groups is 1. The lowest BCUT2D eigenvalue weighted by atomic mass is 10.3. The molecule has 2 heterocycles. The van der Waals surface area contributed by atoms with Crippen LogP contribution in [0.25, 0.3) is 16.6 Å². The molecule has 0 bridgehead atoms. The first-order valence-electron chi connectivity index (χ1n) is 4.36. The minimum absolute atomic E-state index is 0.196. The number of imidazole rings is 1. The van der Waals surface area contributed by atoms with Crippen molar-refractivity contribution >= 4 is 28.2 Å². The van der Waals surface area contributed by atoms with Gasteiger partial charge in [0.1, 0.15) is 11.3 Å². The molecule has 74 valence electrons. The van der Waals surface area contributed by atoms with E-state index in [1.807, 2.05) is 0 Å². The van der Waals surface area contributed by atoms with Gasteiger partial charge in [-0.25, -0.2) is 9.97 Å². The third-order valence-corrected chi connectivity index (χ3v) is 2.57. The van der Waals surface area contributed by atoms with Crippen LogP contribution in [0.4, 0.5) is 0 Å². The fourth-order valence-electron chi connectivity index (χ4n) is 1.60. The number of aromatic nitrogens is 3. The van der Waals surface area contributed by atoms with Gasteiger partial charge in [0.25, 0.3) is 0 Å². The van der Waals surface area contributed by atoms with Gasteiger partial charge in [-0.3, -0.25) is 4.40 Å². The zero-order chi connectivity index (χ0) is 10.4. The lowest BCUT2D eigenvalue weighted by Crippen LogP contribution is -1.90. The van der Waals surface area contributed by atoms with E-state index in [1.54, 1.807) is 35.1 Å². The molecule has 15 heavy (non-hydrogen) atoms. The molecule has 3 rings (SSSR count). The molecule has 3 aromatic rings. The summed E-state index contributed by atoms with van der Waals surface area (Å²) < 4.78 is 1.80. The number of rotatable bonds is 0. The Labute approximate surface area is 89.8 Å². The summed E-state index contributed by atoms with van der Waals surface area (Å²) in [6.07, 6.45) is 3.28. The van der Waals surface area contributed by atoms with Gasteiger partial charge in [0, 0.05) is 6.07 Å². The summed E-state index contributed by atoms with van der Waals surface area (Å²) in [5, 5.41) is 9.81. The average Bonchev–Trinajstić information content (AvgIpc) is 2.69. The molecule has 0 atom stereocenters. The number of fused-ring (bicyclic) bond motifs is 3. The summed E-state index contributed by atoms with van der Waals surface area (Å²) in [5.74, 6) is 0.196. The topological polar surface area (TPSA) is 50.4 Å². The van der Waals surface area contributed by atoms with Crippen LogP contribution in [-0.4, -0.2) is 19.5 Å². The predicted molar refractivity (Wildman–Crippen MR) is 57.2 cm³/mol. The predicted octanol–water partition coefficient (Wildman–Crippen LogP) is 2.24. The number of hydrogen-bond donors (Lipinski definition) is 1. The van der Waals surface area contributed by atoms with Crippen LogP contribution in [0, 0.1) is 0 Å². The number of nitrogens with zero attached hydrogens (tertiary/aromatic N) is 3. The molecule has 0 radical (unpaired) electrons. The molecule has 1 N–H and O–H groups in total. The van der Waals surface area contributed by atoms with Crippen LogP contribution in [0.3, 0.4) is 0 Å². The molecule has 0 aliphatic heterocycles. The number of halogens is 1. The second kappa shape index (κ2) is 2.84. The van der Waals surface area contributed by atoms with Gasteiger partial charge in [-0.1, -0.05) is 11.6 Å². The Bertz CT molecular complexity index is 662. The van der Waals surface area contributed by atoms with Gasteiger partial charge in [0.2, 0.25) is 0 Å². The van der Waals surface area contributed by atoms with E-state index < -0.39 is 0 Å². The Morgan fingerprint density at radius 3 is 3.00 bits per heavy atom. The van der Waals surface area contributed by atoms with Gasteiger partial charge >= 0.3 is 0 Å². The van der Waals surface area contributed by atoms with Gasteiger partial charge in [-0.2, -0.15) is 0 Å². The van der Waals surface area contributed by atoms with Crippen molar-refractivity contribution < 1.29 is 5.11 Å². The summed E-state index contributed by atoms with van der Waals surface area (Å²) in [5.41, 5.74) is 2.24. The number of benzene rings is 1. The molecular weight excluding hydrogens is 214 g/mol. The molecular formula is C10H6ClN3O. The molecule has 4 nitrogen and oxygen atoms in total. The SMILES string of the molecule is Oc1ccc2nc(Cl)c3cncn3c2c1. The third kappa shape index (κ3) is 1.15. The van der Waals surface area contributed by atoms with Crippen molar-refractivity contribution in [3.63, 3.8) is 0 Å². The van der Waals surface area contributed by atoms with Crippen LogP contribution in [-0.2, 0) is 0 Å². The van der Waals surface area contributed by atoms with Crippen LogP contribution < -0.4 is 0 Å². The van der Waals surface area contributed by atoms with E-state index in [4.69, 9.17) is 11.6 Å². The normalized spacial score (nSPS) is 11.3. The van der Waals surface area contributed by atoms with E-state index in [-0.39, 0.29) is 5.75 Å². The lowest BCUT2D eigenvalue weighted by Gasteiger charge is -2.03. The first-order chi connectivity index (χ1) is 7.25.